The molecular weight excluding hydrogens is 188 g/mol. The number of rotatable bonds is 4. The Hall–Kier alpha value is -1.51. The maximum absolute atomic E-state index is 11.7. The van der Waals surface area contributed by atoms with Crippen LogP contribution < -0.4 is 5.73 Å². The average Bonchev–Trinajstić information content (AvgIpc) is 2.18. The first-order valence-electron chi connectivity index (χ1n) is 5.22. The SMILES string of the molecule is CCCN(C)C(=O)Cc1cccc(N)c1. The van der Waals surface area contributed by atoms with Crippen molar-refractivity contribution in [2.45, 2.75) is 19.8 Å². The molecule has 0 aliphatic heterocycles. The van der Waals surface area contributed by atoms with E-state index >= 15 is 0 Å². The standard InChI is InChI=1S/C12H18N2O/c1-3-7-14(2)12(15)9-10-5-4-6-11(13)8-10/h4-6,8H,3,7,9,13H2,1-2H3. The second kappa shape index (κ2) is 5.39. The predicted octanol–water partition coefficient (Wildman–Crippen LogP) is 1.68. The van der Waals surface area contributed by atoms with Crippen molar-refractivity contribution in [2.75, 3.05) is 19.3 Å². The van der Waals surface area contributed by atoms with E-state index in [1.807, 2.05) is 31.3 Å². The van der Waals surface area contributed by atoms with Gasteiger partial charge in [0.05, 0.1) is 6.42 Å². The van der Waals surface area contributed by atoms with Crippen molar-refractivity contribution in [3.8, 4) is 0 Å². The zero-order valence-corrected chi connectivity index (χ0v) is 9.36. The Morgan fingerprint density at radius 3 is 2.80 bits per heavy atom. The predicted molar refractivity (Wildman–Crippen MR) is 62.5 cm³/mol. The van der Waals surface area contributed by atoms with Gasteiger partial charge in [-0.2, -0.15) is 0 Å². The molecule has 0 saturated carbocycles. The van der Waals surface area contributed by atoms with Gasteiger partial charge in [-0.1, -0.05) is 19.1 Å². The number of nitrogen functional groups attached to an aromatic ring is 1. The molecule has 1 aromatic rings. The molecule has 0 saturated heterocycles. The summed E-state index contributed by atoms with van der Waals surface area (Å²) in [5.74, 6) is 0.141. The van der Waals surface area contributed by atoms with Crippen LogP contribution in [0.5, 0.6) is 0 Å². The highest BCUT2D eigenvalue weighted by Crippen LogP contribution is 2.08. The van der Waals surface area contributed by atoms with Crippen molar-refractivity contribution < 1.29 is 4.79 Å². The zero-order valence-electron chi connectivity index (χ0n) is 9.36. The lowest BCUT2D eigenvalue weighted by molar-refractivity contribution is -0.129. The molecule has 0 aliphatic rings. The highest BCUT2D eigenvalue weighted by molar-refractivity contribution is 5.78. The molecule has 0 heterocycles. The Morgan fingerprint density at radius 2 is 2.20 bits per heavy atom. The summed E-state index contributed by atoms with van der Waals surface area (Å²) in [5.41, 5.74) is 7.33. The van der Waals surface area contributed by atoms with Crippen molar-refractivity contribution in [1.29, 1.82) is 0 Å². The highest BCUT2D eigenvalue weighted by Gasteiger charge is 2.08. The fourth-order valence-electron chi connectivity index (χ4n) is 1.47. The van der Waals surface area contributed by atoms with E-state index in [4.69, 9.17) is 5.73 Å². The van der Waals surface area contributed by atoms with E-state index in [-0.39, 0.29) is 5.91 Å². The molecule has 1 amide bonds. The normalized spacial score (nSPS) is 10.0. The van der Waals surface area contributed by atoms with E-state index in [2.05, 4.69) is 6.92 Å². The minimum Gasteiger partial charge on any atom is -0.399 e. The maximum Gasteiger partial charge on any atom is 0.226 e. The van der Waals surface area contributed by atoms with E-state index in [0.29, 0.717) is 12.1 Å². The largest absolute Gasteiger partial charge is 0.399 e. The molecule has 1 rings (SSSR count). The van der Waals surface area contributed by atoms with Crippen LogP contribution >= 0.6 is 0 Å². The van der Waals surface area contributed by atoms with Gasteiger partial charge in [0.2, 0.25) is 5.91 Å². The molecule has 1 aromatic carbocycles. The van der Waals surface area contributed by atoms with Crippen LogP contribution in [0.4, 0.5) is 5.69 Å². The summed E-state index contributed by atoms with van der Waals surface area (Å²) in [6.07, 6.45) is 1.42. The molecule has 0 atom stereocenters. The van der Waals surface area contributed by atoms with E-state index in [9.17, 15) is 4.79 Å². The summed E-state index contributed by atoms with van der Waals surface area (Å²) in [4.78, 5) is 13.5. The van der Waals surface area contributed by atoms with Crippen LogP contribution in [0.2, 0.25) is 0 Å². The summed E-state index contributed by atoms with van der Waals surface area (Å²) in [7, 11) is 1.83. The number of hydrogen-bond donors (Lipinski definition) is 1. The molecule has 0 aromatic heterocycles. The summed E-state index contributed by atoms with van der Waals surface area (Å²) in [5, 5.41) is 0. The Balaban J connectivity index is 2.58. The number of nitrogens with zero attached hydrogens (tertiary/aromatic N) is 1. The van der Waals surface area contributed by atoms with Gasteiger partial charge < -0.3 is 10.6 Å². The summed E-state index contributed by atoms with van der Waals surface area (Å²) in [6.45, 7) is 2.87. The van der Waals surface area contributed by atoms with Crippen molar-refractivity contribution >= 4 is 11.6 Å². The van der Waals surface area contributed by atoms with Gasteiger partial charge in [0.25, 0.3) is 0 Å². The Morgan fingerprint density at radius 1 is 1.47 bits per heavy atom. The molecule has 3 nitrogen and oxygen atoms in total. The number of nitrogens with two attached hydrogens (primary N) is 1. The average molecular weight is 206 g/mol. The number of carbonyl (C=O) groups is 1. The Kier molecular flexibility index (Phi) is 4.16. The molecule has 15 heavy (non-hydrogen) atoms. The summed E-state index contributed by atoms with van der Waals surface area (Å²) >= 11 is 0. The Labute approximate surface area is 90.9 Å². The molecule has 0 aliphatic carbocycles. The monoisotopic (exact) mass is 206 g/mol. The molecule has 0 radical (unpaired) electrons. The van der Waals surface area contributed by atoms with Gasteiger partial charge in [0.15, 0.2) is 0 Å². The molecule has 82 valence electrons. The van der Waals surface area contributed by atoms with E-state index in [0.717, 1.165) is 18.5 Å². The topological polar surface area (TPSA) is 46.3 Å². The third-order valence-electron chi connectivity index (χ3n) is 2.29. The minimum absolute atomic E-state index is 0.141. The van der Waals surface area contributed by atoms with Crippen molar-refractivity contribution in [3.63, 3.8) is 0 Å². The van der Waals surface area contributed by atoms with Crippen molar-refractivity contribution in [1.82, 2.24) is 4.90 Å². The van der Waals surface area contributed by atoms with E-state index < -0.39 is 0 Å². The first kappa shape index (κ1) is 11.6. The maximum atomic E-state index is 11.7. The van der Waals surface area contributed by atoms with E-state index in [1.54, 1.807) is 4.90 Å². The number of likely N-dealkylation sites (N-methyl/N-ethyl adjacent to an activating group) is 1. The van der Waals surface area contributed by atoms with Crippen LogP contribution in [0, 0.1) is 0 Å². The fourth-order valence-corrected chi connectivity index (χ4v) is 1.47. The molecule has 0 fully saturated rings. The van der Waals surface area contributed by atoms with Crippen molar-refractivity contribution in [2.24, 2.45) is 0 Å². The second-order valence-electron chi connectivity index (χ2n) is 3.74. The van der Waals surface area contributed by atoms with Gasteiger partial charge in [-0.25, -0.2) is 0 Å². The first-order chi connectivity index (χ1) is 7.13. The third kappa shape index (κ3) is 3.62. The lowest BCUT2D eigenvalue weighted by Crippen LogP contribution is -2.28. The van der Waals surface area contributed by atoms with Crippen molar-refractivity contribution in [3.05, 3.63) is 29.8 Å². The van der Waals surface area contributed by atoms with E-state index in [1.165, 1.54) is 0 Å². The first-order valence-corrected chi connectivity index (χ1v) is 5.22. The second-order valence-corrected chi connectivity index (χ2v) is 3.74. The summed E-state index contributed by atoms with van der Waals surface area (Å²) in [6, 6.07) is 7.47. The van der Waals surface area contributed by atoms with Gasteiger partial charge in [-0.05, 0) is 24.1 Å². The molecule has 2 N–H and O–H groups in total. The lowest BCUT2D eigenvalue weighted by atomic mass is 10.1. The molecule has 3 heteroatoms. The lowest BCUT2D eigenvalue weighted by Gasteiger charge is -2.15. The van der Waals surface area contributed by atoms with Crippen LogP contribution in [-0.2, 0) is 11.2 Å². The number of hydrogen-bond acceptors (Lipinski definition) is 2. The molecule has 0 spiro atoms. The Bertz CT molecular complexity index is 336. The quantitative estimate of drug-likeness (QED) is 0.762. The minimum atomic E-state index is 0.141. The van der Waals surface area contributed by atoms with Crippen LogP contribution in [0.15, 0.2) is 24.3 Å². The number of benzene rings is 1. The fraction of sp³-hybridized carbons (Fsp3) is 0.417. The number of anilines is 1. The number of amides is 1. The molecular formula is C12H18N2O. The van der Waals surface area contributed by atoms with Gasteiger partial charge in [0.1, 0.15) is 0 Å². The van der Waals surface area contributed by atoms with Gasteiger partial charge in [-0.3, -0.25) is 4.79 Å². The third-order valence-corrected chi connectivity index (χ3v) is 2.29. The zero-order chi connectivity index (χ0) is 11.3. The van der Waals surface area contributed by atoms with Gasteiger partial charge >= 0.3 is 0 Å². The smallest absolute Gasteiger partial charge is 0.226 e. The summed E-state index contributed by atoms with van der Waals surface area (Å²) < 4.78 is 0. The molecule has 0 bridgehead atoms. The van der Waals surface area contributed by atoms with Gasteiger partial charge in [0, 0.05) is 19.3 Å². The highest BCUT2D eigenvalue weighted by atomic mass is 16.2. The molecule has 0 unspecified atom stereocenters. The van der Waals surface area contributed by atoms with Crippen LogP contribution in [-0.4, -0.2) is 24.4 Å². The van der Waals surface area contributed by atoms with Crippen LogP contribution in [0.1, 0.15) is 18.9 Å². The van der Waals surface area contributed by atoms with Gasteiger partial charge in [-0.15, -0.1) is 0 Å². The van der Waals surface area contributed by atoms with Crippen LogP contribution in [0.25, 0.3) is 0 Å². The van der Waals surface area contributed by atoms with Crippen LogP contribution in [0.3, 0.4) is 0 Å². The number of carbonyl (C=O) groups excluding carboxylic acids is 1.